The molecule has 1 rings (SSSR count). The van der Waals surface area contributed by atoms with Gasteiger partial charge in [0.1, 0.15) is 0 Å². The van der Waals surface area contributed by atoms with E-state index in [1.54, 1.807) is 0 Å². The van der Waals surface area contributed by atoms with Crippen molar-refractivity contribution in [3.8, 4) is 0 Å². The predicted octanol–water partition coefficient (Wildman–Crippen LogP) is 2.87. The van der Waals surface area contributed by atoms with Crippen LogP contribution < -0.4 is 5.73 Å². The molecule has 2 N–H and O–H groups in total. The maximum absolute atomic E-state index is 5.72. The fourth-order valence-corrected chi connectivity index (χ4v) is 1.57. The van der Waals surface area contributed by atoms with E-state index in [-0.39, 0.29) is 0 Å². The van der Waals surface area contributed by atoms with Gasteiger partial charge in [-0.25, -0.2) is 0 Å². The minimum atomic E-state index is 0.561. The van der Waals surface area contributed by atoms with Crippen LogP contribution in [0.25, 0.3) is 0 Å². The van der Waals surface area contributed by atoms with Gasteiger partial charge in [0, 0.05) is 22.7 Å². The molecule has 78 valence electrons. The summed E-state index contributed by atoms with van der Waals surface area (Å²) < 4.78 is 0.979. The molecule has 0 unspecified atom stereocenters. The van der Waals surface area contributed by atoms with Crippen LogP contribution >= 0.6 is 15.9 Å². The summed E-state index contributed by atoms with van der Waals surface area (Å²) in [5, 5.41) is 0. The van der Waals surface area contributed by atoms with Gasteiger partial charge in [-0.15, -0.1) is 0 Å². The summed E-state index contributed by atoms with van der Waals surface area (Å²) in [6, 6.07) is 6.65. The molecule has 2 nitrogen and oxygen atoms in total. The Hall–Kier alpha value is -0.540. The van der Waals surface area contributed by atoms with Crippen molar-refractivity contribution in [2.45, 2.75) is 26.4 Å². The molecule has 0 fully saturated rings. The van der Waals surface area contributed by atoms with Crippen LogP contribution in [0.1, 0.15) is 19.4 Å². The number of benzene rings is 1. The first-order valence-electron chi connectivity index (χ1n) is 4.75. The Morgan fingerprint density at radius 3 is 2.57 bits per heavy atom. The monoisotopic (exact) mass is 256 g/mol. The van der Waals surface area contributed by atoms with E-state index in [2.05, 4.69) is 53.9 Å². The van der Waals surface area contributed by atoms with E-state index in [1.807, 2.05) is 6.07 Å². The first-order valence-corrected chi connectivity index (χ1v) is 5.54. The molecule has 1 aromatic rings. The zero-order chi connectivity index (χ0) is 10.7. The Labute approximate surface area is 94.2 Å². The smallest absolute Gasteiger partial charge is 0.0458 e. The van der Waals surface area contributed by atoms with Gasteiger partial charge in [-0.3, -0.25) is 4.90 Å². The topological polar surface area (TPSA) is 29.3 Å². The van der Waals surface area contributed by atoms with Gasteiger partial charge in [0.2, 0.25) is 0 Å². The summed E-state index contributed by atoms with van der Waals surface area (Å²) in [6.45, 7) is 5.33. The third-order valence-corrected chi connectivity index (χ3v) is 3.07. The highest BCUT2D eigenvalue weighted by atomic mass is 79.9. The van der Waals surface area contributed by atoms with Gasteiger partial charge in [-0.2, -0.15) is 0 Å². The van der Waals surface area contributed by atoms with Gasteiger partial charge in [0.05, 0.1) is 0 Å². The molecular weight excluding hydrogens is 240 g/mol. The lowest BCUT2D eigenvalue weighted by Gasteiger charge is -2.21. The molecule has 0 aliphatic heterocycles. The molecule has 0 aliphatic rings. The van der Waals surface area contributed by atoms with E-state index in [0.717, 1.165) is 16.7 Å². The number of nitrogen functional groups attached to an aromatic ring is 1. The summed E-state index contributed by atoms with van der Waals surface area (Å²) in [5.41, 5.74) is 7.79. The summed E-state index contributed by atoms with van der Waals surface area (Å²) in [5.74, 6) is 0. The minimum Gasteiger partial charge on any atom is -0.398 e. The highest BCUT2D eigenvalue weighted by Gasteiger charge is 2.05. The first kappa shape index (κ1) is 11.5. The minimum absolute atomic E-state index is 0.561. The number of nitrogens with two attached hydrogens (primary N) is 1. The summed E-state index contributed by atoms with van der Waals surface area (Å²) in [4.78, 5) is 2.29. The molecule has 0 atom stereocenters. The highest BCUT2D eigenvalue weighted by Crippen LogP contribution is 2.21. The van der Waals surface area contributed by atoms with Crippen LogP contribution in [0, 0.1) is 0 Å². The number of halogens is 1. The van der Waals surface area contributed by atoms with Crippen LogP contribution in [-0.4, -0.2) is 18.0 Å². The fourth-order valence-electron chi connectivity index (χ4n) is 1.14. The summed E-state index contributed by atoms with van der Waals surface area (Å²) >= 11 is 3.43. The lowest BCUT2D eigenvalue weighted by Crippen LogP contribution is -2.25. The number of rotatable bonds is 3. The molecule has 0 saturated carbocycles. The van der Waals surface area contributed by atoms with E-state index < -0.39 is 0 Å². The second-order valence-electron chi connectivity index (χ2n) is 3.86. The molecule has 0 amide bonds. The maximum Gasteiger partial charge on any atom is 0.0458 e. The second kappa shape index (κ2) is 4.80. The number of nitrogens with zero attached hydrogens (tertiary/aromatic N) is 1. The van der Waals surface area contributed by atoms with Crippen molar-refractivity contribution in [3.05, 3.63) is 28.2 Å². The van der Waals surface area contributed by atoms with Crippen molar-refractivity contribution in [2.24, 2.45) is 0 Å². The highest BCUT2D eigenvalue weighted by molar-refractivity contribution is 9.10. The SMILES string of the molecule is CC(C)N(C)Cc1ccc(N)c(Br)c1. The average Bonchev–Trinajstić information content (AvgIpc) is 2.11. The molecule has 0 bridgehead atoms. The van der Waals surface area contributed by atoms with Gasteiger partial charge >= 0.3 is 0 Å². The zero-order valence-corrected chi connectivity index (χ0v) is 10.5. The zero-order valence-electron chi connectivity index (χ0n) is 8.92. The van der Waals surface area contributed by atoms with Crippen LogP contribution in [-0.2, 0) is 6.54 Å². The Balaban J connectivity index is 2.73. The molecule has 0 aliphatic carbocycles. The van der Waals surface area contributed by atoms with Gasteiger partial charge in [-0.1, -0.05) is 6.07 Å². The van der Waals surface area contributed by atoms with E-state index in [1.165, 1.54) is 5.56 Å². The fraction of sp³-hybridized carbons (Fsp3) is 0.455. The molecule has 0 radical (unpaired) electrons. The largest absolute Gasteiger partial charge is 0.398 e. The van der Waals surface area contributed by atoms with E-state index >= 15 is 0 Å². The number of hydrogen-bond donors (Lipinski definition) is 1. The van der Waals surface area contributed by atoms with E-state index in [9.17, 15) is 0 Å². The Kier molecular flexibility index (Phi) is 3.96. The van der Waals surface area contributed by atoms with Crippen molar-refractivity contribution in [3.63, 3.8) is 0 Å². The lowest BCUT2D eigenvalue weighted by molar-refractivity contribution is 0.266. The third-order valence-electron chi connectivity index (χ3n) is 2.38. The van der Waals surface area contributed by atoms with Crippen LogP contribution in [0.4, 0.5) is 5.69 Å². The van der Waals surface area contributed by atoms with Gasteiger partial charge < -0.3 is 5.73 Å². The third kappa shape index (κ3) is 3.00. The maximum atomic E-state index is 5.72. The molecule has 0 spiro atoms. The van der Waals surface area contributed by atoms with Gasteiger partial charge in [-0.05, 0) is 54.5 Å². The summed E-state index contributed by atoms with van der Waals surface area (Å²) in [6.07, 6.45) is 0. The average molecular weight is 257 g/mol. The van der Waals surface area contributed by atoms with E-state index in [4.69, 9.17) is 5.73 Å². The standard InChI is InChI=1S/C11H17BrN2/c1-8(2)14(3)7-9-4-5-11(13)10(12)6-9/h4-6,8H,7,13H2,1-3H3. The molecule has 3 heteroatoms. The molecule has 0 saturated heterocycles. The molecule has 0 aromatic heterocycles. The van der Waals surface area contributed by atoms with Crippen molar-refractivity contribution >= 4 is 21.6 Å². The quantitative estimate of drug-likeness (QED) is 0.843. The summed E-state index contributed by atoms with van der Waals surface area (Å²) in [7, 11) is 2.12. The molecule has 1 aromatic carbocycles. The van der Waals surface area contributed by atoms with Crippen molar-refractivity contribution < 1.29 is 0 Å². The van der Waals surface area contributed by atoms with Gasteiger partial charge in [0.25, 0.3) is 0 Å². The lowest BCUT2D eigenvalue weighted by atomic mass is 10.2. The normalized spacial score (nSPS) is 11.3. The van der Waals surface area contributed by atoms with Crippen LogP contribution in [0.5, 0.6) is 0 Å². The predicted molar refractivity (Wildman–Crippen MR) is 65.2 cm³/mol. The second-order valence-corrected chi connectivity index (χ2v) is 4.72. The van der Waals surface area contributed by atoms with Crippen molar-refractivity contribution in [1.29, 1.82) is 0 Å². The Bertz CT molecular complexity index is 310. The van der Waals surface area contributed by atoms with E-state index in [0.29, 0.717) is 6.04 Å². The van der Waals surface area contributed by atoms with Crippen LogP contribution in [0.3, 0.4) is 0 Å². The van der Waals surface area contributed by atoms with Crippen molar-refractivity contribution in [2.75, 3.05) is 12.8 Å². The molecule has 0 heterocycles. The first-order chi connectivity index (χ1) is 6.50. The van der Waals surface area contributed by atoms with Crippen LogP contribution in [0.15, 0.2) is 22.7 Å². The molecule has 14 heavy (non-hydrogen) atoms. The Morgan fingerprint density at radius 2 is 2.07 bits per heavy atom. The Morgan fingerprint density at radius 1 is 1.43 bits per heavy atom. The number of anilines is 1. The molecular formula is C11H17BrN2. The number of hydrogen-bond acceptors (Lipinski definition) is 2. The van der Waals surface area contributed by atoms with Gasteiger partial charge in [0.15, 0.2) is 0 Å². The van der Waals surface area contributed by atoms with Crippen molar-refractivity contribution in [1.82, 2.24) is 4.90 Å². The van der Waals surface area contributed by atoms with Crippen LogP contribution in [0.2, 0.25) is 0 Å².